The van der Waals surface area contributed by atoms with Gasteiger partial charge in [-0.2, -0.15) is 10.2 Å². The van der Waals surface area contributed by atoms with Gasteiger partial charge < -0.3 is 5.73 Å². The lowest BCUT2D eigenvalue weighted by Crippen LogP contribution is -2.24. The molecule has 1 atom stereocenters. The summed E-state index contributed by atoms with van der Waals surface area (Å²) in [6, 6.07) is -0.338. The number of nitrogens with two attached hydrogens (primary N) is 1. The Labute approximate surface area is 46.8 Å². The van der Waals surface area contributed by atoms with Crippen molar-refractivity contribution in [2.75, 3.05) is 6.54 Å². The molecule has 1 heterocycles. The molecule has 0 bridgehead atoms. The molecule has 1 rings (SSSR count). The second kappa shape index (κ2) is 1.90. The van der Waals surface area contributed by atoms with E-state index in [0.29, 0.717) is 13.0 Å². The number of hydrogen-bond acceptors (Lipinski definition) is 3. The van der Waals surface area contributed by atoms with Gasteiger partial charge in [-0.05, 0) is 0 Å². The standard InChI is InChI=1S/C4H7N3O/c5-4(8)3-1-2-6-7-3/h3H,1-2H2,(H2,5,8). The summed E-state index contributed by atoms with van der Waals surface area (Å²) < 4.78 is 0. The Morgan fingerprint density at radius 3 is 2.75 bits per heavy atom. The summed E-state index contributed by atoms with van der Waals surface area (Å²) in [7, 11) is 0. The second-order valence-corrected chi connectivity index (χ2v) is 1.69. The van der Waals surface area contributed by atoms with Crippen molar-refractivity contribution < 1.29 is 4.79 Å². The van der Waals surface area contributed by atoms with Gasteiger partial charge in [0.2, 0.25) is 5.91 Å². The normalized spacial score (nSPS) is 26.2. The first-order valence-electron chi connectivity index (χ1n) is 2.46. The van der Waals surface area contributed by atoms with Crippen molar-refractivity contribution in [3.63, 3.8) is 0 Å². The highest BCUT2D eigenvalue weighted by Crippen LogP contribution is 2.05. The topological polar surface area (TPSA) is 67.8 Å². The molecule has 8 heavy (non-hydrogen) atoms. The average molecular weight is 113 g/mol. The van der Waals surface area contributed by atoms with Crippen LogP contribution in [0, 0.1) is 0 Å². The Balaban J connectivity index is 2.48. The number of amides is 1. The summed E-state index contributed by atoms with van der Waals surface area (Å²) in [5.74, 6) is -0.369. The molecule has 4 heteroatoms. The van der Waals surface area contributed by atoms with E-state index in [2.05, 4.69) is 10.2 Å². The average Bonchev–Trinajstić information content (AvgIpc) is 2.12. The van der Waals surface area contributed by atoms with Crippen LogP contribution in [0.4, 0.5) is 0 Å². The Morgan fingerprint density at radius 1 is 1.75 bits per heavy atom. The lowest BCUT2D eigenvalue weighted by Gasteiger charge is -1.93. The highest BCUT2D eigenvalue weighted by Gasteiger charge is 2.16. The van der Waals surface area contributed by atoms with E-state index in [1.54, 1.807) is 0 Å². The maximum absolute atomic E-state index is 10.3. The number of carbonyl (C=O) groups is 1. The van der Waals surface area contributed by atoms with Crippen LogP contribution in [0.1, 0.15) is 6.42 Å². The van der Waals surface area contributed by atoms with Gasteiger partial charge >= 0.3 is 0 Å². The Bertz CT molecular complexity index is 131. The van der Waals surface area contributed by atoms with Gasteiger partial charge in [0, 0.05) is 6.42 Å². The summed E-state index contributed by atoms with van der Waals surface area (Å²) in [6.45, 7) is 0.646. The van der Waals surface area contributed by atoms with E-state index in [0.717, 1.165) is 0 Å². The van der Waals surface area contributed by atoms with Gasteiger partial charge in [-0.15, -0.1) is 0 Å². The van der Waals surface area contributed by atoms with Crippen LogP contribution in [0.15, 0.2) is 10.2 Å². The van der Waals surface area contributed by atoms with Crippen molar-refractivity contribution in [2.24, 2.45) is 16.0 Å². The maximum Gasteiger partial charge on any atom is 0.244 e. The molecule has 0 saturated heterocycles. The third-order valence-corrected chi connectivity index (χ3v) is 1.05. The van der Waals surface area contributed by atoms with Crippen LogP contribution in [0.5, 0.6) is 0 Å². The Hall–Kier alpha value is -0.930. The van der Waals surface area contributed by atoms with Crippen LogP contribution in [0.3, 0.4) is 0 Å². The van der Waals surface area contributed by atoms with Crippen LogP contribution in [0.25, 0.3) is 0 Å². The Morgan fingerprint density at radius 2 is 2.50 bits per heavy atom. The van der Waals surface area contributed by atoms with E-state index in [4.69, 9.17) is 5.73 Å². The first-order valence-corrected chi connectivity index (χ1v) is 2.46. The van der Waals surface area contributed by atoms with Gasteiger partial charge in [-0.25, -0.2) is 0 Å². The molecular weight excluding hydrogens is 106 g/mol. The van der Waals surface area contributed by atoms with E-state index < -0.39 is 0 Å². The molecule has 0 aromatic heterocycles. The van der Waals surface area contributed by atoms with E-state index in [-0.39, 0.29) is 11.9 Å². The maximum atomic E-state index is 10.3. The summed E-state index contributed by atoms with van der Waals surface area (Å²) in [5.41, 5.74) is 4.91. The van der Waals surface area contributed by atoms with Crippen molar-refractivity contribution in [3.05, 3.63) is 0 Å². The van der Waals surface area contributed by atoms with E-state index in [1.165, 1.54) is 0 Å². The minimum Gasteiger partial charge on any atom is -0.368 e. The molecule has 1 aliphatic heterocycles. The molecule has 1 aliphatic rings. The molecule has 0 spiro atoms. The summed E-state index contributed by atoms with van der Waals surface area (Å²) in [4.78, 5) is 10.3. The van der Waals surface area contributed by atoms with Gasteiger partial charge in [0.25, 0.3) is 0 Å². The second-order valence-electron chi connectivity index (χ2n) is 1.69. The zero-order valence-electron chi connectivity index (χ0n) is 4.37. The fourth-order valence-electron chi connectivity index (χ4n) is 0.593. The largest absolute Gasteiger partial charge is 0.368 e. The van der Waals surface area contributed by atoms with Gasteiger partial charge in [0.1, 0.15) is 0 Å². The van der Waals surface area contributed by atoms with E-state index >= 15 is 0 Å². The van der Waals surface area contributed by atoms with Gasteiger partial charge in [0.05, 0.1) is 6.54 Å². The lowest BCUT2D eigenvalue weighted by molar-refractivity contribution is -0.119. The monoisotopic (exact) mass is 113 g/mol. The van der Waals surface area contributed by atoms with Crippen molar-refractivity contribution in [3.8, 4) is 0 Å². The smallest absolute Gasteiger partial charge is 0.244 e. The minimum atomic E-state index is -0.369. The third-order valence-electron chi connectivity index (χ3n) is 1.05. The molecule has 0 aromatic rings. The zero-order chi connectivity index (χ0) is 5.98. The molecule has 0 radical (unpaired) electrons. The SMILES string of the molecule is NC(=O)C1CCN=N1. The molecule has 1 unspecified atom stereocenters. The van der Waals surface area contributed by atoms with Crippen molar-refractivity contribution >= 4 is 5.91 Å². The van der Waals surface area contributed by atoms with Crippen molar-refractivity contribution in [1.82, 2.24) is 0 Å². The molecule has 2 N–H and O–H groups in total. The summed E-state index contributed by atoms with van der Waals surface area (Å²) >= 11 is 0. The summed E-state index contributed by atoms with van der Waals surface area (Å²) in [5, 5.41) is 7.20. The van der Waals surface area contributed by atoms with Gasteiger partial charge in [-0.3, -0.25) is 4.79 Å². The number of nitrogens with zero attached hydrogens (tertiary/aromatic N) is 2. The first-order chi connectivity index (χ1) is 3.80. The molecule has 0 aliphatic carbocycles. The van der Waals surface area contributed by atoms with Gasteiger partial charge in [0.15, 0.2) is 6.04 Å². The Kier molecular flexibility index (Phi) is 1.24. The number of primary amides is 1. The molecule has 0 saturated carbocycles. The molecule has 1 amide bonds. The van der Waals surface area contributed by atoms with Crippen molar-refractivity contribution in [2.45, 2.75) is 12.5 Å². The molecule has 44 valence electrons. The number of hydrogen-bond donors (Lipinski definition) is 1. The predicted octanol–water partition coefficient (Wildman–Crippen LogP) is -0.304. The minimum absolute atomic E-state index is 0.338. The lowest BCUT2D eigenvalue weighted by atomic mass is 10.2. The van der Waals surface area contributed by atoms with Crippen molar-refractivity contribution in [1.29, 1.82) is 0 Å². The predicted molar refractivity (Wildman–Crippen MR) is 27.3 cm³/mol. The molecule has 4 nitrogen and oxygen atoms in total. The summed E-state index contributed by atoms with van der Waals surface area (Å²) in [6.07, 6.45) is 0.690. The third kappa shape index (κ3) is 0.828. The van der Waals surface area contributed by atoms with Crippen LogP contribution in [-0.4, -0.2) is 18.5 Å². The van der Waals surface area contributed by atoms with E-state index in [9.17, 15) is 4.79 Å². The van der Waals surface area contributed by atoms with Crippen LogP contribution in [0.2, 0.25) is 0 Å². The van der Waals surface area contributed by atoms with Crippen LogP contribution in [-0.2, 0) is 4.79 Å². The number of carbonyl (C=O) groups excluding carboxylic acids is 1. The first kappa shape index (κ1) is 5.21. The van der Waals surface area contributed by atoms with Crippen LogP contribution >= 0.6 is 0 Å². The fourth-order valence-corrected chi connectivity index (χ4v) is 0.593. The molecular formula is C4H7N3O. The van der Waals surface area contributed by atoms with Crippen LogP contribution < -0.4 is 5.73 Å². The number of rotatable bonds is 1. The number of azo groups is 1. The highest BCUT2D eigenvalue weighted by molar-refractivity contribution is 5.80. The fraction of sp³-hybridized carbons (Fsp3) is 0.750. The highest BCUT2D eigenvalue weighted by atomic mass is 16.1. The van der Waals surface area contributed by atoms with Gasteiger partial charge in [-0.1, -0.05) is 0 Å². The molecule has 0 fully saturated rings. The van der Waals surface area contributed by atoms with E-state index in [1.807, 2.05) is 0 Å². The quantitative estimate of drug-likeness (QED) is 0.498. The molecule has 0 aromatic carbocycles. The zero-order valence-corrected chi connectivity index (χ0v) is 4.37.